The number of aromatic nitrogens is 1. The number of nitro groups is 1. The van der Waals surface area contributed by atoms with Gasteiger partial charge in [0.15, 0.2) is 0 Å². The van der Waals surface area contributed by atoms with E-state index in [4.69, 9.17) is 23.2 Å². The van der Waals surface area contributed by atoms with Gasteiger partial charge in [-0.15, -0.1) is 0 Å². The number of pyridine rings is 1. The smallest absolute Gasteiger partial charge is 0.289 e. The summed E-state index contributed by atoms with van der Waals surface area (Å²) >= 11 is 11.6. The number of nitrogens with one attached hydrogen (secondary N) is 2. The van der Waals surface area contributed by atoms with Crippen molar-refractivity contribution in [2.45, 2.75) is 12.8 Å². The van der Waals surface area contributed by atoms with Crippen molar-refractivity contribution in [1.82, 2.24) is 9.88 Å². The molecule has 1 aromatic carbocycles. The van der Waals surface area contributed by atoms with E-state index in [0.717, 1.165) is 6.42 Å². The minimum absolute atomic E-state index is 0.00180. The molecule has 1 saturated heterocycles. The number of carbonyl (C=O) groups excluding carboxylic acids is 2. The first kappa shape index (κ1) is 21.9. The monoisotopic (exact) mass is 451 g/mol. The van der Waals surface area contributed by atoms with Crippen molar-refractivity contribution in [2.75, 3.05) is 30.3 Å². The number of hydrogen-bond acceptors (Lipinski definition) is 6. The average molecular weight is 452 g/mol. The second-order valence-corrected chi connectivity index (χ2v) is 7.74. The van der Waals surface area contributed by atoms with E-state index in [1.54, 1.807) is 12.1 Å². The first-order chi connectivity index (χ1) is 14.3. The molecular formula is C19H19Cl2N5O4. The molecule has 1 aliphatic heterocycles. The number of benzene rings is 1. The Kier molecular flexibility index (Phi) is 7.20. The highest BCUT2D eigenvalue weighted by Crippen LogP contribution is 2.27. The molecule has 3 rings (SSSR count). The Labute approximate surface area is 182 Å². The summed E-state index contributed by atoms with van der Waals surface area (Å²) in [6.45, 7) is 1.17. The number of piperidine rings is 1. The van der Waals surface area contributed by atoms with Gasteiger partial charge >= 0.3 is 0 Å². The zero-order valence-electron chi connectivity index (χ0n) is 15.8. The number of rotatable bonds is 6. The van der Waals surface area contributed by atoms with Crippen LogP contribution in [0.4, 0.5) is 17.2 Å². The second-order valence-electron chi connectivity index (χ2n) is 6.90. The van der Waals surface area contributed by atoms with E-state index in [1.165, 1.54) is 24.4 Å². The van der Waals surface area contributed by atoms with Crippen molar-refractivity contribution in [3.8, 4) is 0 Å². The molecule has 30 heavy (non-hydrogen) atoms. The molecular weight excluding hydrogens is 433 g/mol. The quantitative estimate of drug-likeness (QED) is 0.511. The molecule has 1 unspecified atom stereocenters. The van der Waals surface area contributed by atoms with Gasteiger partial charge in [-0.05, 0) is 43.7 Å². The van der Waals surface area contributed by atoms with Crippen LogP contribution in [0.2, 0.25) is 10.0 Å². The van der Waals surface area contributed by atoms with Gasteiger partial charge in [0.25, 0.3) is 5.69 Å². The predicted octanol–water partition coefficient (Wildman–Crippen LogP) is 3.59. The molecule has 1 fully saturated rings. The fraction of sp³-hybridized carbons (Fsp3) is 0.316. The van der Waals surface area contributed by atoms with Crippen LogP contribution in [0, 0.1) is 16.0 Å². The summed E-state index contributed by atoms with van der Waals surface area (Å²) < 4.78 is 0. The van der Waals surface area contributed by atoms with Crippen LogP contribution in [0.3, 0.4) is 0 Å². The summed E-state index contributed by atoms with van der Waals surface area (Å²) in [5.41, 5.74) is 0.0104. The van der Waals surface area contributed by atoms with Gasteiger partial charge < -0.3 is 10.6 Å². The molecule has 2 amide bonds. The summed E-state index contributed by atoms with van der Waals surface area (Å²) in [7, 11) is 0. The Hall–Kier alpha value is -2.75. The van der Waals surface area contributed by atoms with Gasteiger partial charge in [0.05, 0.1) is 22.4 Å². The maximum absolute atomic E-state index is 12.5. The predicted molar refractivity (Wildman–Crippen MR) is 114 cm³/mol. The van der Waals surface area contributed by atoms with E-state index in [-0.39, 0.29) is 40.7 Å². The van der Waals surface area contributed by atoms with Crippen LogP contribution in [0.15, 0.2) is 36.5 Å². The zero-order valence-corrected chi connectivity index (χ0v) is 17.3. The minimum Gasteiger partial charge on any atom is -0.325 e. The molecule has 0 bridgehead atoms. The third-order valence-electron chi connectivity index (χ3n) is 4.65. The van der Waals surface area contributed by atoms with Crippen molar-refractivity contribution < 1.29 is 14.5 Å². The lowest BCUT2D eigenvalue weighted by Crippen LogP contribution is -2.44. The van der Waals surface area contributed by atoms with Crippen LogP contribution < -0.4 is 10.6 Å². The van der Waals surface area contributed by atoms with Crippen LogP contribution in [0.5, 0.6) is 0 Å². The van der Waals surface area contributed by atoms with Gasteiger partial charge in [0.2, 0.25) is 11.8 Å². The SMILES string of the molecule is O=C(CN1CCCC(C(=O)Nc2ccc(Cl)cn2)C1)Nc1ccc(Cl)c([N+](=O)[O-])c1. The number of likely N-dealkylation sites (tertiary alicyclic amines) is 1. The lowest BCUT2D eigenvalue weighted by molar-refractivity contribution is -0.384. The van der Waals surface area contributed by atoms with Gasteiger partial charge in [-0.1, -0.05) is 23.2 Å². The average Bonchev–Trinajstić information content (AvgIpc) is 2.71. The van der Waals surface area contributed by atoms with E-state index in [2.05, 4.69) is 15.6 Å². The third-order valence-corrected chi connectivity index (χ3v) is 5.19. The topological polar surface area (TPSA) is 117 Å². The van der Waals surface area contributed by atoms with Crippen LogP contribution in [-0.2, 0) is 9.59 Å². The van der Waals surface area contributed by atoms with Crippen molar-refractivity contribution in [3.63, 3.8) is 0 Å². The molecule has 1 atom stereocenters. The Morgan fingerprint density at radius 1 is 1.23 bits per heavy atom. The summed E-state index contributed by atoms with van der Waals surface area (Å²) in [6, 6.07) is 7.34. The van der Waals surface area contributed by atoms with Crippen LogP contribution in [-0.4, -0.2) is 46.3 Å². The van der Waals surface area contributed by atoms with Gasteiger partial charge in [-0.2, -0.15) is 0 Å². The van der Waals surface area contributed by atoms with Crippen LogP contribution >= 0.6 is 23.2 Å². The number of nitrogens with zero attached hydrogens (tertiary/aromatic N) is 3. The van der Waals surface area contributed by atoms with Crippen LogP contribution in [0.25, 0.3) is 0 Å². The number of halogens is 2. The Morgan fingerprint density at radius 3 is 2.73 bits per heavy atom. The van der Waals surface area contributed by atoms with Gasteiger partial charge in [-0.3, -0.25) is 24.6 Å². The molecule has 2 N–H and O–H groups in total. The first-order valence-electron chi connectivity index (χ1n) is 9.20. The Balaban J connectivity index is 1.54. The van der Waals surface area contributed by atoms with E-state index in [0.29, 0.717) is 30.4 Å². The lowest BCUT2D eigenvalue weighted by atomic mass is 9.97. The first-order valence-corrected chi connectivity index (χ1v) is 9.96. The molecule has 2 aromatic rings. The van der Waals surface area contributed by atoms with Gasteiger partial charge in [0.1, 0.15) is 10.8 Å². The van der Waals surface area contributed by atoms with E-state index in [1.807, 2.05) is 4.90 Å². The van der Waals surface area contributed by atoms with Gasteiger partial charge in [-0.25, -0.2) is 4.98 Å². The summed E-state index contributed by atoms with van der Waals surface area (Å²) in [5.74, 6) is -0.348. The zero-order chi connectivity index (χ0) is 21.7. The van der Waals surface area contributed by atoms with E-state index < -0.39 is 4.92 Å². The Bertz CT molecular complexity index is 954. The highest BCUT2D eigenvalue weighted by molar-refractivity contribution is 6.32. The number of hydrogen-bond donors (Lipinski definition) is 2. The van der Waals surface area contributed by atoms with Gasteiger partial charge in [0, 0.05) is 24.5 Å². The largest absolute Gasteiger partial charge is 0.325 e. The summed E-state index contributed by atoms with van der Waals surface area (Å²) in [5, 5.41) is 16.9. The number of anilines is 2. The fourth-order valence-electron chi connectivity index (χ4n) is 3.23. The fourth-order valence-corrected chi connectivity index (χ4v) is 3.52. The number of amides is 2. The van der Waals surface area contributed by atoms with Crippen molar-refractivity contribution in [3.05, 3.63) is 56.7 Å². The van der Waals surface area contributed by atoms with Crippen molar-refractivity contribution >= 4 is 52.2 Å². The molecule has 9 nitrogen and oxygen atoms in total. The number of carbonyl (C=O) groups is 2. The van der Waals surface area contributed by atoms with Crippen molar-refractivity contribution in [1.29, 1.82) is 0 Å². The van der Waals surface area contributed by atoms with Crippen LogP contribution in [0.1, 0.15) is 12.8 Å². The molecule has 2 heterocycles. The molecule has 11 heteroatoms. The third kappa shape index (κ3) is 5.88. The summed E-state index contributed by atoms with van der Waals surface area (Å²) in [4.78, 5) is 41.2. The maximum atomic E-state index is 12.5. The molecule has 1 aliphatic rings. The molecule has 0 saturated carbocycles. The van der Waals surface area contributed by atoms with E-state index >= 15 is 0 Å². The minimum atomic E-state index is -0.610. The van der Waals surface area contributed by atoms with E-state index in [9.17, 15) is 19.7 Å². The highest BCUT2D eigenvalue weighted by atomic mass is 35.5. The highest BCUT2D eigenvalue weighted by Gasteiger charge is 2.27. The molecule has 158 valence electrons. The maximum Gasteiger partial charge on any atom is 0.289 e. The standard InChI is InChI=1S/C19H19Cl2N5O4/c20-13-3-6-17(22-9-13)24-19(28)12-2-1-7-25(10-12)11-18(27)23-14-4-5-15(21)16(8-14)26(29)30/h3-6,8-9,12H,1-2,7,10-11H2,(H,23,27)(H,22,24,28). The summed E-state index contributed by atoms with van der Waals surface area (Å²) in [6.07, 6.45) is 2.93. The Morgan fingerprint density at radius 2 is 2.03 bits per heavy atom. The number of nitro benzene ring substituents is 1. The van der Waals surface area contributed by atoms with Crippen molar-refractivity contribution in [2.24, 2.45) is 5.92 Å². The normalized spacial score (nSPS) is 16.7. The second kappa shape index (κ2) is 9.84. The molecule has 0 radical (unpaired) electrons. The molecule has 0 aliphatic carbocycles. The lowest BCUT2D eigenvalue weighted by Gasteiger charge is -2.31. The molecule has 0 spiro atoms. The molecule has 1 aromatic heterocycles.